The zero-order valence-corrected chi connectivity index (χ0v) is 19.6. The largest absolute Gasteiger partial charge is 0.465 e. The van der Waals surface area contributed by atoms with Crippen LogP contribution in [0.5, 0.6) is 0 Å². The summed E-state index contributed by atoms with van der Waals surface area (Å²) in [5.41, 5.74) is 7.85. The minimum atomic E-state index is -0.975. The zero-order chi connectivity index (χ0) is 22.5. The highest BCUT2D eigenvalue weighted by Crippen LogP contribution is 2.42. The molecule has 1 fully saturated rings. The minimum Gasteiger partial charge on any atom is -0.465 e. The Hall–Kier alpha value is -3.12. The molecule has 32 heavy (non-hydrogen) atoms. The maximum absolute atomic E-state index is 11.3. The molecule has 2 heterocycles. The van der Waals surface area contributed by atoms with E-state index >= 15 is 0 Å². The highest BCUT2D eigenvalue weighted by molar-refractivity contribution is 9.10. The zero-order valence-electron chi connectivity index (χ0n) is 18.0. The minimum absolute atomic E-state index is 0.468. The van der Waals surface area contributed by atoms with Gasteiger partial charge < -0.3 is 10.4 Å². The molecule has 5 rings (SSSR count). The van der Waals surface area contributed by atoms with Gasteiger partial charge >= 0.3 is 6.09 Å². The SMILES string of the molecule is Cc1c(Br)cn2c(-c3ccccc3)c(-c3ccc(C4(NC(=O)O)CCC4)cc3)nc2c1C. The van der Waals surface area contributed by atoms with Gasteiger partial charge in [-0.25, -0.2) is 9.78 Å². The molecule has 2 N–H and O–H groups in total. The third-order valence-electron chi connectivity index (χ3n) is 6.72. The molecule has 0 atom stereocenters. The van der Waals surface area contributed by atoms with Crippen LogP contribution in [0.25, 0.3) is 28.2 Å². The number of hydrogen-bond acceptors (Lipinski definition) is 2. The second-order valence-corrected chi connectivity index (χ2v) is 9.39. The first-order valence-electron chi connectivity index (χ1n) is 10.7. The Bertz CT molecular complexity index is 1320. The molecule has 2 aromatic carbocycles. The summed E-state index contributed by atoms with van der Waals surface area (Å²) in [7, 11) is 0. The molecule has 0 spiro atoms. The number of aromatic nitrogens is 2. The topological polar surface area (TPSA) is 66.6 Å². The van der Waals surface area contributed by atoms with Gasteiger partial charge in [0.2, 0.25) is 0 Å². The van der Waals surface area contributed by atoms with Crippen molar-refractivity contribution in [2.75, 3.05) is 0 Å². The number of aryl methyl sites for hydroxylation is 1. The van der Waals surface area contributed by atoms with Crippen LogP contribution in [0.2, 0.25) is 0 Å². The molecule has 0 unspecified atom stereocenters. The van der Waals surface area contributed by atoms with Crippen molar-refractivity contribution in [2.24, 2.45) is 0 Å². The normalized spacial score (nSPS) is 14.8. The molecule has 0 radical (unpaired) electrons. The number of hydrogen-bond donors (Lipinski definition) is 2. The Balaban J connectivity index is 1.67. The van der Waals surface area contributed by atoms with Gasteiger partial charge in [0.15, 0.2) is 0 Å². The van der Waals surface area contributed by atoms with Gasteiger partial charge in [0, 0.05) is 21.8 Å². The van der Waals surface area contributed by atoms with Gasteiger partial charge in [0.05, 0.1) is 16.9 Å². The number of carbonyl (C=O) groups is 1. The molecule has 0 aliphatic heterocycles. The average Bonchev–Trinajstić information content (AvgIpc) is 3.14. The number of imidazole rings is 1. The predicted molar refractivity (Wildman–Crippen MR) is 130 cm³/mol. The van der Waals surface area contributed by atoms with Gasteiger partial charge in [-0.05, 0) is 65.7 Å². The summed E-state index contributed by atoms with van der Waals surface area (Å²) in [6, 6.07) is 18.5. The Morgan fingerprint density at radius 1 is 1.03 bits per heavy atom. The summed E-state index contributed by atoms with van der Waals surface area (Å²) < 4.78 is 3.20. The monoisotopic (exact) mass is 489 g/mol. The van der Waals surface area contributed by atoms with Crippen LogP contribution >= 0.6 is 15.9 Å². The first-order chi connectivity index (χ1) is 15.4. The Kier molecular flexibility index (Phi) is 5.05. The van der Waals surface area contributed by atoms with E-state index in [0.29, 0.717) is 0 Å². The van der Waals surface area contributed by atoms with Crippen molar-refractivity contribution >= 4 is 27.7 Å². The van der Waals surface area contributed by atoms with Crippen molar-refractivity contribution in [1.29, 1.82) is 0 Å². The van der Waals surface area contributed by atoms with E-state index in [2.05, 4.69) is 70.0 Å². The third kappa shape index (κ3) is 3.30. The predicted octanol–water partition coefficient (Wildman–Crippen LogP) is 6.69. The highest BCUT2D eigenvalue weighted by Gasteiger charge is 2.40. The molecule has 5 nitrogen and oxygen atoms in total. The van der Waals surface area contributed by atoms with Crippen LogP contribution in [0, 0.1) is 13.8 Å². The first kappa shape index (κ1) is 20.8. The van der Waals surface area contributed by atoms with Gasteiger partial charge in [0.1, 0.15) is 5.65 Å². The lowest BCUT2D eigenvalue weighted by molar-refractivity contribution is 0.144. The molecule has 0 bridgehead atoms. The van der Waals surface area contributed by atoms with Crippen molar-refractivity contribution in [3.8, 4) is 22.5 Å². The summed E-state index contributed by atoms with van der Waals surface area (Å²) in [6.07, 6.45) is 3.80. The maximum Gasteiger partial charge on any atom is 0.405 e. The quantitative estimate of drug-likeness (QED) is 0.335. The molecule has 1 aliphatic carbocycles. The number of fused-ring (bicyclic) bond motifs is 1. The molecule has 0 saturated heterocycles. The average molecular weight is 490 g/mol. The van der Waals surface area contributed by atoms with E-state index in [4.69, 9.17) is 4.98 Å². The number of pyridine rings is 1. The summed E-state index contributed by atoms with van der Waals surface area (Å²) in [6.45, 7) is 4.19. The van der Waals surface area contributed by atoms with Crippen LogP contribution in [-0.2, 0) is 5.54 Å². The van der Waals surface area contributed by atoms with Crippen molar-refractivity contribution in [2.45, 2.75) is 38.6 Å². The van der Waals surface area contributed by atoms with E-state index in [1.807, 2.05) is 30.3 Å². The fourth-order valence-corrected chi connectivity index (χ4v) is 5.12. The molecule has 162 valence electrons. The molecule has 2 aromatic heterocycles. The fraction of sp³-hybridized carbons (Fsp3) is 0.231. The Morgan fingerprint density at radius 3 is 2.31 bits per heavy atom. The van der Waals surface area contributed by atoms with E-state index in [1.54, 1.807) is 0 Å². The standard InChI is InChI=1S/C26H24BrN3O2/c1-16-17(2)24-28-22(23(30(24)15-21(16)27)19-7-4-3-5-8-19)18-9-11-20(12-10-18)26(13-6-14-26)29-25(31)32/h3-5,7-12,15,29H,6,13-14H2,1-2H3,(H,31,32). The number of nitrogens with zero attached hydrogens (tertiary/aromatic N) is 2. The van der Waals surface area contributed by atoms with Gasteiger partial charge in [-0.3, -0.25) is 4.40 Å². The van der Waals surface area contributed by atoms with Crippen LogP contribution in [0.3, 0.4) is 0 Å². The van der Waals surface area contributed by atoms with Crippen LogP contribution in [-0.4, -0.2) is 20.6 Å². The number of amides is 1. The molecule has 4 aromatic rings. The first-order valence-corrected chi connectivity index (χ1v) is 11.5. The maximum atomic E-state index is 11.3. The Morgan fingerprint density at radius 2 is 1.72 bits per heavy atom. The second-order valence-electron chi connectivity index (χ2n) is 8.54. The van der Waals surface area contributed by atoms with Crippen molar-refractivity contribution in [3.05, 3.63) is 82.0 Å². The van der Waals surface area contributed by atoms with E-state index in [-0.39, 0.29) is 0 Å². The molecular weight excluding hydrogens is 466 g/mol. The van der Waals surface area contributed by atoms with Gasteiger partial charge in [-0.2, -0.15) is 0 Å². The number of carboxylic acid groups (broad SMARTS) is 1. The molecular formula is C26H24BrN3O2. The van der Waals surface area contributed by atoms with E-state index in [9.17, 15) is 9.90 Å². The van der Waals surface area contributed by atoms with E-state index in [0.717, 1.165) is 63.0 Å². The number of benzene rings is 2. The van der Waals surface area contributed by atoms with E-state index in [1.165, 1.54) is 5.56 Å². The number of nitrogens with one attached hydrogen (secondary N) is 1. The lowest BCUT2D eigenvalue weighted by atomic mass is 9.72. The van der Waals surface area contributed by atoms with Gasteiger partial charge in [-0.1, -0.05) is 54.6 Å². The lowest BCUT2D eigenvalue weighted by Crippen LogP contribution is -2.50. The van der Waals surface area contributed by atoms with Crippen molar-refractivity contribution < 1.29 is 9.90 Å². The highest BCUT2D eigenvalue weighted by atomic mass is 79.9. The van der Waals surface area contributed by atoms with Gasteiger partial charge in [0.25, 0.3) is 0 Å². The smallest absolute Gasteiger partial charge is 0.405 e. The lowest BCUT2D eigenvalue weighted by Gasteiger charge is -2.42. The van der Waals surface area contributed by atoms with Crippen molar-refractivity contribution in [3.63, 3.8) is 0 Å². The Labute approximate surface area is 195 Å². The van der Waals surface area contributed by atoms with Gasteiger partial charge in [-0.15, -0.1) is 0 Å². The van der Waals surface area contributed by atoms with Crippen LogP contribution in [0.15, 0.2) is 65.3 Å². The summed E-state index contributed by atoms with van der Waals surface area (Å²) in [5, 5.41) is 12.0. The summed E-state index contributed by atoms with van der Waals surface area (Å²) in [4.78, 5) is 16.4. The van der Waals surface area contributed by atoms with Crippen LogP contribution in [0.1, 0.15) is 36.0 Å². The van der Waals surface area contributed by atoms with E-state index < -0.39 is 11.6 Å². The fourth-order valence-electron chi connectivity index (χ4n) is 4.62. The van der Waals surface area contributed by atoms with Crippen LogP contribution < -0.4 is 5.32 Å². The van der Waals surface area contributed by atoms with Crippen LogP contribution in [0.4, 0.5) is 4.79 Å². The summed E-state index contributed by atoms with van der Waals surface area (Å²) in [5.74, 6) is 0. The molecule has 1 aliphatic rings. The molecule has 6 heteroatoms. The summed E-state index contributed by atoms with van der Waals surface area (Å²) >= 11 is 3.70. The number of halogens is 1. The second kappa shape index (κ2) is 7.78. The molecule has 1 saturated carbocycles. The molecule has 1 amide bonds. The number of rotatable bonds is 4. The van der Waals surface area contributed by atoms with Crippen molar-refractivity contribution in [1.82, 2.24) is 14.7 Å². The third-order valence-corrected chi connectivity index (χ3v) is 7.52.